The predicted molar refractivity (Wildman–Crippen MR) is 82.4 cm³/mol. The molecule has 1 saturated heterocycles. The van der Waals surface area contributed by atoms with Gasteiger partial charge in [-0.2, -0.15) is 0 Å². The van der Waals surface area contributed by atoms with E-state index in [0.29, 0.717) is 11.5 Å². The number of carboxylic acid groups (broad SMARTS) is 1. The van der Waals surface area contributed by atoms with Gasteiger partial charge in [0.1, 0.15) is 11.8 Å². The number of hydrogen-bond acceptors (Lipinski definition) is 4. The third-order valence-electron chi connectivity index (χ3n) is 3.58. The van der Waals surface area contributed by atoms with E-state index < -0.39 is 28.7 Å². The van der Waals surface area contributed by atoms with Gasteiger partial charge in [-0.3, -0.25) is 9.00 Å². The van der Waals surface area contributed by atoms with Gasteiger partial charge in [0.05, 0.1) is 5.75 Å². The Morgan fingerprint density at radius 2 is 2.14 bits per heavy atom. The van der Waals surface area contributed by atoms with E-state index in [1.165, 1.54) is 4.90 Å². The molecule has 0 aliphatic carbocycles. The SMILES string of the molecule is Cc1ccc(C)c(OCC(=O)N2CCS(=O)CC2C(=O)O)c1. The molecule has 6 nitrogen and oxygen atoms in total. The third-order valence-corrected chi connectivity index (χ3v) is 4.91. The summed E-state index contributed by atoms with van der Waals surface area (Å²) in [4.78, 5) is 24.7. The van der Waals surface area contributed by atoms with Gasteiger partial charge >= 0.3 is 5.97 Å². The first-order chi connectivity index (χ1) is 10.4. The molecule has 0 radical (unpaired) electrons. The lowest BCUT2D eigenvalue weighted by molar-refractivity contribution is -0.150. The number of aryl methyl sites for hydroxylation is 2. The minimum atomic E-state index is -1.19. The molecule has 120 valence electrons. The van der Waals surface area contributed by atoms with Gasteiger partial charge in [0, 0.05) is 23.1 Å². The molecule has 7 heteroatoms. The lowest BCUT2D eigenvalue weighted by atomic mass is 10.1. The number of carbonyl (C=O) groups excluding carboxylic acids is 1. The van der Waals surface area contributed by atoms with Crippen LogP contribution in [-0.4, -0.2) is 56.8 Å². The Balaban J connectivity index is 2.03. The summed E-state index contributed by atoms with van der Waals surface area (Å²) in [5.74, 6) is -0.636. The molecule has 1 amide bonds. The zero-order valence-electron chi connectivity index (χ0n) is 12.6. The molecule has 1 aromatic rings. The second-order valence-electron chi connectivity index (χ2n) is 5.31. The Kier molecular flexibility index (Phi) is 5.18. The Hall–Kier alpha value is -1.89. The molecule has 2 rings (SSSR count). The minimum absolute atomic E-state index is 0.0233. The van der Waals surface area contributed by atoms with Crippen molar-refractivity contribution >= 4 is 22.7 Å². The highest BCUT2D eigenvalue weighted by atomic mass is 32.2. The van der Waals surface area contributed by atoms with Crippen LogP contribution in [0.15, 0.2) is 18.2 Å². The van der Waals surface area contributed by atoms with E-state index in [2.05, 4.69) is 0 Å². The molecule has 0 saturated carbocycles. The average molecular weight is 325 g/mol. The Morgan fingerprint density at radius 1 is 1.41 bits per heavy atom. The quantitative estimate of drug-likeness (QED) is 0.882. The number of benzene rings is 1. The molecule has 2 atom stereocenters. The fourth-order valence-electron chi connectivity index (χ4n) is 2.29. The molecular formula is C15H19NO5S. The first kappa shape index (κ1) is 16.5. The number of nitrogens with zero attached hydrogens (tertiary/aromatic N) is 1. The van der Waals surface area contributed by atoms with Crippen molar-refractivity contribution < 1.29 is 23.6 Å². The summed E-state index contributed by atoms with van der Waals surface area (Å²) in [6.45, 7) is 3.76. The van der Waals surface area contributed by atoms with Crippen molar-refractivity contribution in [3.8, 4) is 5.75 Å². The molecule has 2 unspecified atom stereocenters. The van der Waals surface area contributed by atoms with E-state index >= 15 is 0 Å². The zero-order valence-corrected chi connectivity index (χ0v) is 13.4. The van der Waals surface area contributed by atoms with E-state index in [4.69, 9.17) is 4.74 Å². The molecule has 0 bridgehead atoms. The molecule has 22 heavy (non-hydrogen) atoms. The van der Waals surface area contributed by atoms with Gasteiger partial charge in [0.2, 0.25) is 0 Å². The van der Waals surface area contributed by atoms with Crippen LogP contribution >= 0.6 is 0 Å². The minimum Gasteiger partial charge on any atom is -0.483 e. The molecule has 1 heterocycles. The van der Waals surface area contributed by atoms with Crippen molar-refractivity contribution in [1.29, 1.82) is 0 Å². The predicted octanol–water partition coefficient (Wildman–Crippen LogP) is 0.726. The van der Waals surface area contributed by atoms with Gasteiger partial charge in [-0.05, 0) is 31.0 Å². The van der Waals surface area contributed by atoms with Crippen molar-refractivity contribution in [2.75, 3.05) is 24.7 Å². The van der Waals surface area contributed by atoms with Crippen LogP contribution in [0.1, 0.15) is 11.1 Å². The van der Waals surface area contributed by atoms with Crippen LogP contribution in [0.2, 0.25) is 0 Å². The second kappa shape index (κ2) is 6.91. The number of carboxylic acids is 1. The summed E-state index contributed by atoms with van der Waals surface area (Å²) in [7, 11) is -1.19. The maximum absolute atomic E-state index is 12.2. The topological polar surface area (TPSA) is 83.9 Å². The number of ether oxygens (including phenoxy) is 1. The van der Waals surface area contributed by atoms with E-state index in [9.17, 15) is 18.9 Å². The van der Waals surface area contributed by atoms with Crippen molar-refractivity contribution in [3.63, 3.8) is 0 Å². The van der Waals surface area contributed by atoms with Crippen molar-refractivity contribution in [2.24, 2.45) is 0 Å². The van der Waals surface area contributed by atoms with Gasteiger partial charge in [-0.25, -0.2) is 4.79 Å². The van der Waals surface area contributed by atoms with E-state index in [0.717, 1.165) is 11.1 Å². The Morgan fingerprint density at radius 3 is 2.82 bits per heavy atom. The van der Waals surface area contributed by atoms with Crippen LogP contribution in [0.4, 0.5) is 0 Å². The summed E-state index contributed by atoms with van der Waals surface area (Å²) in [6.07, 6.45) is 0. The monoisotopic (exact) mass is 325 g/mol. The summed E-state index contributed by atoms with van der Waals surface area (Å²) in [5.41, 5.74) is 1.93. The van der Waals surface area contributed by atoms with Crippen LogP contribution in [0.5, 0.6) is 5.75 Å². The van der Waals surface area contributed by atoms with Crippen molar-refractivity contribution in [3.05, 3.63) is 29.3 Å². The number of aliphatic carboxylic acids is 1. The van der Waals surface area contributed by atoms with Crippen LogP contribution in [-0.2, 0) is 20.4 Å². The lowest BCUT2D eigenvalue weighted by Crippen LogP contribution is -2.54. The van der Waals surface area contributed by atoms with Crippen LogP contribution in [0.3, 0.4) is 0 Å². The second-order valence-corrected chi connectivity index (χ2v) is 6.93. The highest BCUT2D eigenvalue weighted by Crippen LogP contribution is 2.19. The van der Waals surface area contributed by atoms with E-state index in [-0.39, 0.29) is 18.9 Å². The normalized spacial score (nSPS) is 21.5. The number of hydrogen-bond donors (Lipinski definition) is 1. The Bertz CT molecular complexity index is 616. The fraction of sp³-hybridized carbons (Fsp3) is 0.467. The smallest absolute Gasteiger partial charge is 0.327 e. The molecule has 1 aliphatic heterocycles. The Labute approximate surface area is 131 Å². The van der Waals surface area contributed by atoms with Gasteiger partial charge in [-0.15, -0.1) is 0 Å². The van der Waals surface area contributed by atoms with Gasteiger partial charge < -0.3 is 14.7 Å². The summed E-state index contributed by atoms with van der Waals surface area (Å²) in [5, 5.41) is 9.17. The zero-order chi connectivity index (χ0) is 16.3. The first-order valence-corrected chi connectivity index (χ1v) is 8.44. The number of rotatable bonds is 4. The fourth-order valence-corrected chi connectivity index (χ4v) is 3.54. The van der Waals surface area contributed by atoms with Gasteiger partial charge in [0.15, 0.2) is 6.61 Å². The molecule has 1 fully saturated rings. The molecule has 1 N–H and O–H groups in total. The van der Waals surface area contributed by atoms with Gasteiger partial charge in [-0.1, -0.05) is 12.1 Å². The summed E-state index contributed by atoms with van der Waals surface area (Å²) < 4.78 is 17.0. The maximum atomic E-state index is 12.2. The van der Waals surface area contributed by atoms with E-state index in [1.807, 2.05) is 32.0 Å². The highest BCUT2D eigenvalue weighted by molar-refractivity contribution is 7.85. The van der Waals surface area contributed by atoms with Crippen LogP contribution in [0, 0.1) is 13.8 Å². The number of carbonyl (C=O) groups is 2. The van der Waals surface area contributed by atoms with Crippen molar-refractivity contribution in [1.82, 2.24) is 4.90 Å². The van der Waals surface area contributed by atoms with Crippen LogP contribution in [0.25, 0.3) is 0 Å². The average Bonchev–Trinajstić information content (AvgIpc) is 2.47. The summed E-state index contributed by atoms with van der Waals surface area (Å²) >= 11 is 0. The molecule has 0 spiro atoms. The molecule has 0 aromatic heterocycles. The molecule has 1 aromatic carbocycles. The van der Waals surface area contributed by atoms with Gasteiger partial charge in [0.25, 0.3) is 5.91 Å². The van der Waals surface area contributed by atoms with E-state index in [1.54, 1.807) is 0 Å². The highest BCUT2D eigenvalue weighted by Gasteiger charge is 2.35. The first-order valence-electron chi connectivity index (χ1n) is 6.96. The lowest BCUT2D eigenvalue weighted by Gasteiger charge is -2.32. The largest absolute Gasteiger partial charge is 0.483 e. The van der Waals surface area contributed by atoms with Crippen molar-refractivity contribution in [2.45, 2.75) is 19.9 Å². The molecular weight excluding hydrogens is 306 g/mol. The number of amides is 1. The standard InChI is InChI=1S/C15H19NO5S/c1-10-3-4-11(2)13(7-10)21-8-14(17)16-5-6-22(20)9-12(16)15(18)19/h3-4,7,12H,5-6,8-9H2,1-2H3,(H,18,19). The van der Waals surface area contributed by atoms with Crippen LogP contribution < -0.4 is 4.74 Å². The maximum Gasteiger partial charge on any atom is 0.327 e. The third kappa shape index (κ3) is 3.85. The molecule has 1 aliphatic rings. The summed E-state index contributed by atoms with van der Waals surface area (Å²) in [6, 6.07) is 4.65.